The van der Waals surface area contributed by atoms with Crippen LogP contribution in [0.2, 0.25) is 0 Å². The highest BCUT2D eigenvalue weighted by Crippen LogP contribution is 2.45. The molecule has 3 aliphatic heterocycles. The monoisotopic (exact) mass is 347 g/mol. The number of pyridine rings is 1. The first kappa shape index (κ1) is 15.8. The molecule has 26 heavy (non-hydrogen) atoms. The number of nitrogens with one attached hydrogen (secondary N) is 1. The van der Waals surface area contributed by atoms with Gasteiger partial charge in [-0.2, -0.15) is 0 Å². The molecule has 3 nitrogen and oxygen atoms in total. The van der Waals surface area contributed by atoms with E-state index < -0.39 is 0 Å². The molecule has 0 saturated carbocycles. The molecule has 2 aromatic heterocycles. The summed E-state index contributed by atoms with van der Waals surface area (Å²) in [6, 6.07) is 11.0. The van der Waals surface area contributed by atoms with E-state index in [1.165, 1.54) is 37.1 Å². The second-order valence-corrected chi connectivity index (χ2v) is 7.48. The van der Waals surface area contributed by atoms with Crippen molar-refractivity contribution in [2.24, 2.45) is 5.92 Å². The molecule has 4 heteroatoms. The number of fused-ring (bicyclic) bond motifs is 3. The van der Waals surface area contributed by atoms with Gasteiger partial charge in [0.25, 0.3) is 0 Å². The van der Waals surface area contributed by atoms with Crippen molar-refractivity contribution in [3.05, 3.63) is 66.4 Å². The zero-order valence-electron chi connectivity index (χ0n) is 14.7. The summed E-state index contributed by atoms with van der Waals surface area (Å²) in [6.07, 6.45) is 8.38. The number of nitrogens with zero attached hydrogens (tertiary/aromatic N) is 2. The van der Waals surface area contributed by atoms with E-state index in [1.807, 2.05) is 36.7 Å². The molecule has 0 radical (unpaired) electrons. The van der Waals surface area contributed by atoms with E-state index in [2.05, 4.69) is 21.1 Å². The van der Waals surface area contributed by atoms with Gasteiger partial charge in [0.15, 0.2) is 0 Å². The van der Waals surface area contributed by atoms with Crippen molar-refractivity contribution in [1.82, 2.24) is 14.9 Å². The van der Waals surface area contributed by atoms with Gasteiger partial charge in [-0.05, 0) is 67.2 Å². The number of H-pyrrole nitrogens is 1. The summed E-state index contributed by atoms with van der Waals surface area (Å²) in [5.74, 6) is 1.10. The molecule has 1 N–H and O–H groups in total. The van der Waals surface area contributed by atoms with Gasteiger partial charge in [-0.15, -0.1) is 0 Å². The third-order valence-electron chi connectivity index (χ3n) is 6.07. The average molecular weight is 347 g/mol. The van der Waals surface area contributed by atoms with Gasteiger partial charge < -0.3 is 9.88 Å². The van der Waals surface area contributed by atoms with Crippen molar-refractivity contribution in [2.75, 3.05) is 19.6 Å². The van der Waals surface area contributed by atoms with Crippen LogP contribution < -0.4 is 0 Å². The number of piperidine rings is 3. The highest BCUT2D eigenvalue weighted by molar-refractivity contribution is 5.84. The predicted octanol–water partition coefficient (Wildman–Crippen LogP) is 4.69. The van der Waals surface area contributed by atoms with Crippen LogP contribution in [0.4, 0.5) is 4.39 Å². The van der Waals surface area contributed by atoms with E-state index >= 15 is 0 Å². The SMILES string of the molecule is Fc1ccc(-c2c(C3CN4CCC3CC4)c[nH]c2-c2ccncc2)cc1. The summed E-state index contributed by atoms with van der Waals surface area (Å²) in [7, 11) is 0. The second kappa shape index (κ2) is 6.36. The van der Waals surface area contributed by atoms with Crippen molar-refractivity contribution in [3.63, 3.8) is 0 Å². The van der Waals surface area contributed by atoms with Gasteiger partial charge in [-0.3, -0.25) is 4.98 Å². The molecule has 132 valence electrons. The lowest BCUT2D eigenvalue weighted by Crippen LogP contribution is -2.46. The maximum atomic E-state index is 13.5. The van der Waals surface area contributed by atoms with Crippen LogP contribution in [0.25, 0.3) is 22.4 Å². The summed E-state index contributed by atoms with van der Waals surface area (Å²) < 4.78 is 13.5. The summed E-state index contributed by atoms with van der Waals surface area (Å²) in [6.45, 7) is 3.59. The Morgan fingerprint density at radius 2 is 1.69 bits per heavy atom. The Balaban J connectivity index is 1.65. The summed E-state index contributed by atoms with van der Waals surface area (Å²) in [4.78, 5) is 10.2. The molecule has 5 heterocycles. The molecule has 0 aliphatic carbocycles. The van der Waals surface area contributed by atoms with Crippen LogP contribution in [-0.4, -0.2) is 34.5 Å². The molecule has 1 unspecified atom stereocenters. The maximum absolute atomic E-state index is 13.5. The largest absolute Gasteiger partial charge is 0.360 e. The van der Waals surface area contributed by atoms with Crippen LogP contribution in [0.15, 0.2) is 55.0 Å². The minimum absolute atomic E-state index is 0.195. The zero-order valence-corrected chi connectivity index (χ0v) is 14.7. The van der Waals surface area contributed by atoms with E-state index in [4.69, 9.17) is 0 Å². The van der Waals surface area contributed by atoms with E-state index in [1.54, 1.807) is 12.1 Å². The molecule has 3 fully saturated rings. The van der Waals surface area contributed by atoms with E-state index in [0.29, 0.717) is 5.92 Å². The molecule has 2 bridgehead atoms. The summed E-state index contributed by atoms with van der Waals surface area (Å²) in [5, 5.41) is 0. The number of benzene rings is 1. The molecular weight excluding hydrogens is 325 g/mol. The minimum Gasteiger partial charge on any atom is -0.360 e. The Bertz CT molecular complexity index is 893. The number of aromatic amines is 1. The first-order valence-corrected chi connectivity index (χ1v) is 9.39. The average Bonchev–Trinajstić information content (AvgIpc) is 3.15. The Morgan fingerprint density at radius 1 is 0.962 bits per heavy atom. The van der Waals surface area contributed by atoms with Gasteiger partial charge in [0, 0.05) is 42.2 Å². The van der Waals surface area contributed by atoms with Crippen LogP contribution in [0.3, 0.4) is 0 Å². The van der Waals surface area contributed by atoms with Gasteiger partial charge in [-0.1, -0.05) is 12.1 Å². The van der Waals surface area contributed by atoms with Gasteiger partial charge in [-0.25, -0.2) is 4.39 Å². The number of hydrogen-bond acceptors (Lipinski definition) is 2. The van der Waals surface area contributed by atoms with Crippen molar-refractivity contribution in [2.45, 2.75) is 18.8 Å². The molecule has 0 amide bonds. The Labute approximate surface area is 152 Å². The fourth-order valence-corrected chi connectivity index (χ4v) is 4.72. The number of halogens is 1. The van der Waals surface area contributed by atoms with Crippen LogP contribution in [0.5, 0.6) is 0 Å². The van der Waals surface area contributed by atoms with Gasteiger partial charge in [0.05, 0.1) is 5.69 Å². The lowest BCUT2D eigenvalue weighted by atomic mass is 9.74. The first-order chi connectivity index (χ1) is 12.8. The van der Waals surface area contributed by atoms with Crippen LogP contribution in [0.1, 0.15) is 24.3 Å². The standard InChI is InChI=1S/C22H22FN3/c23-18-3-1-16(2-4-18)21-19(20-14-26-11-7-15(20)8-12-26)13-25-22(21)17-5-9-24-10-6-17/h1-6,9-10,13,15,20,25H,7-8,11-12,14H2. The van der Waals surface area contributed by atoms with Crippen LogP contribution >= 0.6 is 0 Å². The highest BCUT2D eigenvalue weighted by Gasteiger charge is 2.37. The van der Waals surface area contributed by atoms with Crippen molar-refractivity contribution >= 4 is 0 Å². The summed E-state index contributed by atoms with van der Waals surface area (Å²) in [5.41, 5.74) is 5.89. The van der Waals surface area contributed by atoms with E-state index in [9.17, 15) is 4.39 Å². The second-order valence-electron chi connectivity index (χ2n) is 7.48. The molecule has 3 saturated heterocycles. The molecule has 1 atom stereocenters. The zero-order chi connectivity index (χ0) is 17.5. The Morgan fingerprint density at radius 3 is 2.35 bits per heavy atom. The summed E-state index contributed by atoms with van der Waals surface area (Å²) >= 11 is 0. The molecule has 1 aromatic carbocycles. The van der Waals surface area contributed by atoms with Crippen LogP contribution in [0, 0.1) is 11.7 Å². The number of rotatable bonds is 3. The molecule has 3 aliphatic rings. The first-order valence-electron chi connectivity index (χ1n) is 9.39. The fraction of sp³-hybridized carbons (Fsp3) is 0.318. The fourth-order valence-electron chi connectivity index (χ4n) is 4.72. The minimum atomic E-state index is -0.195. The van der Waals surface area contributed by atoms with Crippen LogP contribution in [-0.2, 0) is 0 Å². The van der Waals surface area contributed by atoms with Crippen molar-refractivity contribution < 1.29 is 4.39 Å². The molecule has 0 spiro atoms. The van der Waals surface area contributed by atoms with Gasteiger partial charge in [0.1, 0.15) is 5.82 Å². The Hall–Kier alpha value is -2.46. The lowest BCUT2D eigenvalue weighted by molar-refractivity contribution is 0.0873. The van der Waals surface area contributed by atoms with E-state index in [0.717, 1.165) is 29.3 Å². The van der Waals surface area contributed by atoms with Crippen molar-refractivity contribution in [1.29, 1.82) is 0 Å². The quantitative estimate of drug-likeness (QED) is 0.745. The molecule has 6 rings (SSSR count). The third kappa shape index (κ3) is 2.65. The number of aromatic nitrogens is 2. The highest BCUT2D eigenvalue weighted by atomic mass is 19.1. The number of hydrogen-bond donors (Lipinski definition) is 1. The van der Waals surface area contributed by atoms with E-state index in [-0.39, 0.29) is 5.82 Å². The van der Waals surface area contributed by atoms with Crippen molar-refractivity contribution in [3.8, 4) is 22.4 Å². The predicted molar refractivity (Wildman–Crippen MR) is 101 cm³/mol. The Kier molecular flexibility index (Phi) is 3.86. The third-order valence-corrected chi connectivity index (χ3v) is 6.07. The molecular formula is C22H22FN3. The van der Waals surface area contributed by atoms with Gasteiger partial charge in [0.2, 0.25) is 0 Å². The lowest BCUT2D eigenvalue weighted by Gasteiger charge is -2.45. The smallest absolute Gasteiger partial charge is 0.123 e. The van der Waals surface area contributed by atoms with Gasteiger partial charge >= 0.3 is 0 Å². The normalized spacial score (nSPS) is 24.7. The topological polar surface area (TPSA) is 31.9 Å². The molecule has 3 aromatic rings. The maximum Gasteiger partial charge on any atom is 0.123 e.